The number of rotatable bonds is 5. The van der Waals surface area contributed by atoms with E-state index in [1.165, 1.54) is 0 Å². The smallest absolute Gasteiger partial charge is 0.272 e. The molecule has 0 radical (unpaired) electrons. The van der Waals surface area contributed by atoms with Crippen molar-refractivity contribution >= 4 is 12.7 Å². The highest BCUT2D eigenvalue weighted by molar-refractivity contribution is 5.47. The molecular weight excluding hydrogens is 282 g/mol. The van der Waals surface area contributed by atoms with E-state index in [0.717, 1.165) is 18.7 Å². The second-order valence-corrected chi connectivity index (χ2v) is 5.39. The van der Waals surface area contributed by atoms with Crippen LogP contribution in [0.15, 0.2) is 15.9 Å². The fraction of sp³-hybridized carbons (Fsp3) is 0.400. The van der Waals surface area contributed by atoms with Crippen LogP contribution in [0.2, 0.25) is 0 Å². The Kier molecular flexibility index (Phi) is 4.65. The Morgan fingerprint density at radius 2 is 2.09 bits per heavy atom. The molecule has 0 saturated carbocycles. The average molecular weight is 303 g/mol. The van der Waals surface area contributed by atoms with Gasteiger partial charge in [-0.15, -0.1) is 0 Å². The predicted octanol–water partition coefficient (Wildman–Crippen LogP) is -0.424. The summed E-state index contributed by atoms with van der Waals surface area (Å²) in [5.74, 6) is 0.205. The van der Waals surface area contributed by atoms with Gasteiger partial charge in [-0.3, -0.25) is 14.3 Å². The minimum Gasteiger partial charge on any atom is -0.325 e. The first-order chi connectivity index (χ1) is 10.4. The van der Waals surface area contributed by atoms with Gasteiger partial charge < -0.3 is 15.4 Å². The largest absolute Gasteiger partial charge is 0.325 e. The third-order valence-electron chi connectivity index (χ3n) is 3.23. The van der Waals surface area contributed by atoms with E-state index in [9.17, 15) is 9.59 Å². The molecule has 0 aromatic carbocycles. The molecule has 0 spiro atoms. The molecule has 0 amide bonds. The summed E-state index contributed by atoms with van der Waals surface area (Å²) in [5.41, 5.74) is 4.04. The Hall–Kier alpha value is -2.57. The SMILES string of the molecule is C=c1[nH]c(=O)c(=Cc2ncn(NCCC)c2C(C)C)[nH]c1=O. The summed E-state index contributed by atoms with van der Waals surface area (Å²) < 4.78 is 1.86. The van der Waals surface area contributed by atoms with Crippen LogP contribution in [0.1, 0.15) is 44.5 Å². The molecule has 2 rings (SSSR count). The van der Waals surface area contributed by atoms with E-state index in [0.29, 0.717) is 5.69 Å². The molecule has 22 heavy (non-hydrogen) atoms. The molecule has 2 heterocycles. The molecule has 0 bridgehead atoms. The van der Waals surface area contributed by atoms with Gasteiger partial charge in [0.05, 0.1) is 16.7 Å². The number of imidazole rings is 1. The fourth-order valence-electron chi connectivity index (χ4n) is 2.17. The van der Waals surface area contributed by atoms with Gasteiger partial charge in [0.2, 0.25) is 0 Å². The van der Waals surface area contributed by atoms with Crippen molar-refractivity contribution in [3.63, 3.8) is 0 Å². The molecule has 0 unspecified atom stereocenters. The van der Waals surface area contributed by atoms with Crippen LogP contribution >= 0.6 is 0 Å². The third kappa shape index (κ3) is 3.19. The highest BCUT2D eigenvalue weighted by Crippen LogP contribution is 2.18. The topological polar surface area (TPSA) is 95.6 Å². The Balaban J connectivity index is 2.59. The van der Waals surface area contributed by atoms with Crippen LogP contribution < -0.4 is 27.2 Å². The Morgan fingerprint density at radius 3 is 2.73 bits per heavy atom. The first-order valence-electron chi connectivity index (χ1n) is 7.28. The predicted molar refractivity (Wildman–Crippen MR) is 86.9 cm³/mol. The van der Waals surface area contributed by atoms with Crippen LogP contribution in [0.5, 0.6) is 0 Å². The first-order valence-corrected chi connectivity index (χ1v) is 7.28. The van der Waals surface area contributed by atoms with Crippen molar-refractivity contribution in [3.8, 4) is 0 Å². The van der Waals surface area contributed by atoms with Crippen molar-refractivity contribution in [2.45, 2.75) is 33.1 Å². The minimum atomic E-state index is -0.416. The van der Waals surface area contributed by atoms with E-state index in [1.54, 1.807) is 12.4 Å². The van der Waals surface area contributed by atoms with Crippen molar-refractivity contribution in [3.05, 3.63) is 49.1 Å². The lowest BCUT2D eigenvalue weighted by Gasteiger charge is -2.13. The molecule has 0 aliphatic rings. The minimum absolute atomic E-state index is 0.0429. The van der Waals surface area contributed by atoms with E-state index < -0.39 is 11.1 Å². The summed E-state index contributed by atoms with van der Waals surface area (Å²) in [4.78, 5) is 32.8. The highest BCUT2D eigenvalue weighted by atomic mass is 16.1. The zero-order valence-electron chi connectivity index (χ0n) is 13.1. The molecule has 0 aliphatic carbocycles. The van der Waals surface area contributed by atoms with Gasteiger partial charge in [0, 0.05) is 6.54 Å². The van der Waals surface area contributed by atoms with E-state index >= 15 is 0 Å². The lowest BCUT2D eigenvalue weighted by atomic mass is 10.1. The summed E-state index contributed by atoms with van der Waals surface area (Å²) in [6.07, 6.45) is 4.25. The number of H-pyrrole nitrogens is 2. The summed E-state index contributed by atoms with van der Waals surface area (Å²) in [5, 5.41) is 0.210. The van der Waals surface area contributed by atoms with Gasteiger partial charge in [-0.05, 0) is 18.4 Å². The van der Waals surface area contributed by atoms with Gasteiger partial charge in [0.15, 0.2) is 0 Å². The standard InChI is InChI=1S/C15H21N5O2/c1-5-6-17-20-8-16-11(13(20)9(2)3)7-12-15(22)18-10(4)14(21)19-12/h7-9,17H,4-6H2,1-3H3,(H,18,22)(H,19,21). The van der Waals surface area contributed by atoms with E-state index in [4.69, 9.17) is 0 Å². The number of hydrogen-bond acceptors (Lipinski definition) is 4. The van der Waals surface area contributed by atoms with E-state index in [2.05, 4.69) is 33.9 Å². The zero-order valence-corrected chi connectivity index (χ0v) is 13.1. The quantitative estimate of drug-likeness (QED) is 0.699. The van der Waals surface area contributed by atoms with Gasteiger partial charge in [-0.1, -0.05) is 27.4 Å². The summed E-state index contributed by atoms with van der Waals surface area (Å²) >= 11 is 0. The second-order valence-electron chi connectivity index (χ2n) is 5.39. The maximum absolute atomic E-state index is 11.9. The fourth-order valence-corrected chi connectivity index (χ4v) is 2.17. The number of nitrogens with one attached hydrogen (secondary N) is 3. The van der Waals surface area contributed by atoms with Gasteiger partial charge in [-0.2, -0.15) is 0 Å². The maximum Gasteiger partial charge on any atom is 0.272 e. The molecule has 0 saturated heterocycles. The van der Waals surface area contributed by atoms with E-state index in [-0.39, 0.29) is 16.6 Å². The number of aromatic amines is 2. The van der Waals surface area contributed by atoms with Crippen LogP contribution in [-0.2, 0) is 0 Å². The van der Waals surface area contributed by atoms with Crippen LogP contribution in [0.25, 0.3) is 12.7 Å². The third-order valence-corrected chi connectivity index (χ3v) is 3.23. The van der Waals surface area contributed by atoms with Crippen molar-refractivity contribution in [2.75, 3.05) is 12.0 Å². The van der Waals surface area contributed by atoms with Crippen LogP contribution in [0.4, 0.5) is 0 Å². The molecule has 7 nitrogen and oxygen atoms in total. The molecule has 0 fully saturated rings. The van der Waals surface area contributed by atoms with E-state index in [1.807, 2.05) is 18.5 Å². The number of aromatic nitrogens is 4. The normalized spacial score (nSPS) is 12.1. The van der Waals surface area contributed by atoms with Crippen molar-refractivity contribution < 1.29 is 0 Å². The van der Waals surface area contributed by atoms with Crippen LogP contribution in [-0.4, -0.2) is 26.2 Å². The lowest BCUT2D eigenvalue weighted by molar-refractivity contribution is 0.713. The number of nitrogens with zero attached hydrogens (tertiary/aromatic N) is 2. The van der Waals surface area contributed by atoms with Crippen LogP contribution in [0.3, 0.4) is 0 Å². The number of hydrogen-bond donors (Lipinski definition) is 3. The van der Waals surface area contributed by atoms with Crippen molar-refractivity contribution in [1.82, 2.24) is 19.6 Å². The highest BCUT2D eigenvalue weighted by Gasteiger charge is 2.13. The summed E-state index contributed by atoms with van der Waals surface area (Å²) in [7, 11) is 0. The van der Waals surface area contributed by atoms with Crippen molar-refractivity contribution in [2.24, 2.45) is 0 Å². The average Bonchev–Trinajstić information content (AvgIpc) is 2.85. The maximum atomic E-state index is 11.9. The van der Waals surface area contributed by atoms with Gasteiger partial charge >= 0.3 is 0 Å². The molecule has 118 valence electrons. The molecule has 2 aromatic heterocycles. The monoisotopic (exact) mass is 303 g/mol. The molecular formula is C15H21N5O2. The summed E-state index contributed by atoms with van der Waals surface area (Å²) in [6, 6.07) is 0. The summed E-state index contributed by atoms with van der Waals surface area (Å²) in [6.45, 7) is 10.5. The zero-order chi connectivity index (χ0) is 16.3. The molecule has 2 aromatic rings. The Morgan fingerprint density at radius 1 is 1.36 bits per heavy atom. The molecule has 0 atom stereocenters. The van der Waals surface area contributed by atoms with Gasteiger partial charge in [0.1, 0.15) is 11.7 Å². The first kappa shape index (κ1) is 15.8. The lowest BCUT2D eigenvalue weighted by Crippen LogP contribution is -2.46. The Bertz CT molecular complexity index is 873. The van der Waals surface area contributed by atoms with Gasteiger partial charge in [0.25, 0.3) is 11.1 Å². The van der Waals surface area contributed by atoms with Crippen LogP contribution in [0, 0.1) is 0 Å². The van der Waals surface area contributed by atoms with Gasteiger partial charge in [-0.25, -0.2) is 4.98 Å². The molecule has 0 aliphatic heterocycles. The van der Waals surface area contributed by atoms with Crippen molar-refractivity contribution in [1.29, 1.82) is 0 Å². The molecule has 7 heteroatoms. The second kappa shape index (κ2) is 6.46. The molecule has 3 N–H and O–H groups in total. The Labute approximate surface area is 127 Å².